The largest absolute Gasteiger partial charge is 0.481 e. The van der Waals surface area contributed by atoms with E-state index in [-0.39, 0.29) is 17.7 Å². The van der Waals surface area contributed by atoms with Gasteiger partial charge in [0.25, 0.3) is 0 Å². The first-order valence-corrected chi connectivity index (χ1v) is 13.9. The first-order valence-electron chi connectivity index (χ1n) is 13.9. The molecule has 4 fully saturated rings. The van der Waals surface area contributed by atoms with Crippen molar-refractivity contribution in [3.63, 3.8) is 0 Å². The summed E-state index contributed by atoms with van der Waals surface area (Å²) in [5.74, 6) is -1.11. The van der Waals surface area contributed by atoms with Crippen LogP contribution in [-0.4, -0.2) is 72.1 Å². The number of piperidine rings is 1. The van der Waals surface area contributed by atoms with E-state index in [2.05, 4.69) is 4.90 Å². The third-order valence-corrected chi connectivity index (χ3v) is 9.14. The first-order chi connectivity index (χ1) is 17.7. The second-order valence-electron chi connectivity index (χ2n) is 11.4. The lowest BCUT2D eigenvalue weighted by Gasteiger charge is -2.34. The average molecular weight is 522 g/mol. The summed E-state index contributed by atoms with van der Waals surface area (Å²) in [6.45, 7) is 3.80. The van der Waals surface area contributed by atoms with Crippen LogP contribution in [-0.2, 0) is 15.8 Å². The molecule has 1 aromatic carbocycles. The van der Waals surface area contributed by atoms with Gasteiger partial charge in [-0.05, 0) is 62.8 Å². The Morgan fingerprint density at radius 1 is 0.838 bits per heavy atom. The molecular formula is C28H38F3N3O3. The number of halogens is 3. The van der Waals surface area contributed by atoms with Crippen LogP contribution in [0.2, 0.25) is 0 Å². The number of carbonyl (C=O) groups is 2. The van der Waals surface area contributed by atoms with E-state index in [4.69, 9.17) is 0 Å². The molecule has 5 rings (SSSR count). The lowest BCUT2D eigenvalue weighted by Crippen LogP contribution is -2.39. The number of carbonyl (C=O) groups excluding carboxylic acids is 1. The van der Waals surface area contributed by atoms with Gasteiger partial charge < -0.3 is 14.9 Å². The molecule has 204 valence electrons. The van der Waals surface area contributed by atoms with E-state index in [0.717, 1.165) is 37.6 Å². The first kappa shape index (κ1) is 26.3. The van der Waals surface area contributed by atoms with Gasteiger partial charge in [-0.3, -0.25) is 14.5 Å². The summed E-state index contributed by atoms with van der Waals surface area (Å²) >= 11 is 0. The standard InChI is InChI=1S/C28H38F3N3O3/c29-28(30,31)22-6-7-24(25(16-22)32-12-8-19(9-13-32)27(36)37)20-10-15-34(17-20)26(35)21-11-14-33(18-21)23-4-2-1-3-5-23/h6-7,16,19-21,23H,1-5,8-15,17-18H2,(H,36,37). The maximum Gasteiger partial charge on any atom is 0.416 e. The van der Waals surface area contributed by atoms with Gasteiger partial charge in [0.2, 0.25) is 5.91 Å². The van der Waals surface area contributed by atoms with Crippen LogP contribution >= 0.6 is 0 Å². The molecule has 1 saturated carbocycles. The molecular weight excluding hydrogens is 483 g/mol. The number of rotatable bonds is 5. The molecule has 3 heterocycles. The molecule has 0 aromatic heterocycles. The molecule has 0 radical (unpaired) electrons. The fourth-order valence-electron chi connectivity index (χ4n) is 6.95. The molecule has 1 amide bonds. The molecule has 37 heavy (non-hydrogen) atoms. The molecule has 2 atom stereocenters. The second-order valence-corrected chi connectivity index (χ2v) is 11.4. The van der Waals surface area contributed by atoms with Crippen LogP contribution < -0.4 is 4.90 Å². The Balaban J connectivity index is 1.27. The number of anilines is 1. The highest BCUT2D eigenvalue weighted by Gasteiger charge is 2.39. The zero-order valence-electron chi connectivity index (χ0n) is 21.4. The van der Waals surface area contributed by atoms with Crippen molar-refractivity contribution in [2.75, 3.05) is 44.2 Å². The van der Waals surface area contributed by atoms with Crippen LogP contribution in [0, 0.1) is 11.8 Å². The van der Waals surface area contributed by atoms with Crippen LogP contribution in [0.3, 0.4) is 0 Å². The van der Waals surface area contributed by atoms with E-state index >= 15 is 0 Å². The number of likely N-dealkylation sites (tertiary alicyclic amines) is 2. The minimum Gasteiger partial charge on any atom is -0.481 e. The predicted octanol–water partition coefficient (Wildman–Crippen LogP) is 4.98. The van der Waals surface area contributed by atoms with Crippen LogP contribution in [0.4, 0.5) is 18.9 Å². The number of alkyl halides is 3. The molecule has 1 aliphatic carbocycles. The lowest BCUT2D eigenvalue weighted by atomic mass is 9.91. The molecule has 0 spiro atoms. The predicted molar refractivity (Wildman–Crippen MR) is 135 cm³/mol. The van der Waals surface area contributed by atoms with E-state index in [9.17, 15) is 27.9 Å². The number of nitrogens with zero attached hydrogens (tertiary/aromatic N) is 3. The van der Waals surface area contributed by atoms with Crippen molar-refractivity contribution in [3.05, 3.63) is 29.3 Å². The fourth-order valence-corrected chi connectivity index (χ4v) is 6.95. The van der Waals surface area contributed by atoms with Gasteiger partial charge >= 0.3 is 12.1 Å². The summed E-state index contributed by atoms with van der Waals surface area (Å²) < 4.78 is 40.7. The fraction of sp³-hybridized carbons (Fsp3) is 0.714. The molecule has 6 nitrogen and oxygen atoms in total. The summed E-state index contributed by atoms with van der Waals surface area (Å²) in [5, 5.41) is 9.33. The minimum atomic E-state index is -4.45. The number of benzene rings is 1. The van der Waals surface area contributed by atoms with Crippen LogP contribution in [0.25, 0.3) is 0 Å². The van der Waals surface area contributed by atoms with Gasteiger partial charge in [-0.2, -0.15) is 13.2 Å². The van der Waals surface area contributed by atoms with Crippen molar-refractivity contribution in [1.29, 1.82) is 0 Å². The van der Waals surface area contributed by atoms with E-state index in [1.54, 1.807) is 6.07 Å². The molecule has 2 unspecified atom stereocenters. The third-order valence-electron chi connectivity index (χ3n) is 9.14. The molecule has 1 N–H and O–H groups in total. The Bertz CT molecular complexity index is 987. The summed E-state index contributed by atoms with van der Waals surface area (Å²) in [5.41, 5.74) is 0.695. The molecule has 3 saturated heterocycles. The number of amides is 1. The highest BCUT2D eigenvalue weighted by Crippen LogP contribution is 2.40. The van der Waals surface area contributed by atoms with Crippen molar-refractivity contribution >= 4 is 17.6 Å². The van der Waals surface area contributed by atoms with Crippen molar-refractivity contribution in [2.24, 2.45) is 11.8 Å². The normalized spacial score (nSPS) is 26.7. The number of hydrogen-bond acceptors (Lipinski definition) is 4. The Kier molecular flexibility index (Phi) is 7.70. The molecule has 3 aliphatic heterocycles. The van der Waals surface area contributed by atoms with Gasteiger partial charge in [-0.1, -0.05) is 25.3 Å². The van der Waals surface area contributed by atoms with Gasteiger partial charge in [-0.15, -0.1) is 0 Å². The van der Waals surface area contributed by atoms with E-state index in [1.807, 2.05) is 9.80 Å². The smallest absolute Gasteiger partial charge is 0.416 e. The average Bonchev–Trinajstić information content (AvgIpc) is 3.59. The third kappa shape index (κ3) is 5.76. The van der Waals surface area contributed by atoms with Gasteiger partial charge in [0.05, 0.1) is 17.4 Å². The summed E-state index contributed by atoms with van der Waals surface area (Å²) in [4.78, 5) is 31.1. The van der Waals surface area contributed by atoms with E-state index in [0.29, 0.717) is 50.7 Å². The van der Waals surface area contributed by atoms with Crippen molar-refractivity contribution in [3.8, 4) is 0 Å². The van der Waals surface area contributed by atoms with Gasteiger partial charge in [0.1, 0.15) is 0 Å². The molecule has 4 aliphatic rings. The van der Waals surface area contributed by atoms with Gasteiger partial charge in [-0.25, -0.2) is 0 Å². The molecule has 0 bridgehead atoms. The summed E-state index contributed by atoms with van der Waals surface area (Å²) in [7, 11) is 0. The number of hydrogen-bond donors (Lipinski definition) is 1. The Hall–Kier alpha value is -2.29. The van der Waals surface area contributed by atoms with Crippen LogP contribution in [0.5, 0.6) is 0 Å². The van der Waals surface area contributed by atoms with Crippen molar-refractivity contribution in [1.82, 2.24) is 9.80 Å². The SMILES string of the molecule is O=C(O)C1CCN(c2cc(C(F)(F)F)ccc2C2CCN(C(=O)C3CCN(C4CCCCC4)C3)C2)CC1. The second kappa shape index (κ2) is 10.8. The van der Waals surface area contributed by atoms with Gasteiger partial charge in [0, 0.05) is 50.4 Å². The quantitative estimate of drug-likeness (QED) is 0.593. The number of aliphatic carboxylic acids is 1. The Morgan fingerprint density at radius 2 is 1.54 bits per heavy atom. The van der Waals surface area contributed by atoms with Gasteiger partial charge in [0.15, 0.2) is 0 Å². The maximum absolute atomic E-state index is 13.6. The minimum absolute atomic E-state index is 0.0165. The summed E-state index contributed by atoms with van der Waals surface area (Å²) in [6, 6.07) is 4.56. The molecule has 1 aromatic rings. The van der Waals surface area contributed by atoms with Crippen LogP contribution in [0.1, 0.15) is 74.8 Å². The van der Waals surface area contributed by atoms with Crippen molar-refractivity contribution < 1.29 is 27.9 Å². The highest BCUT2D eigenvalue weighted by molar-refractivity contribution is 5.80. The monoisotopic (exact) mass is 521 g/mol. The number of carboxylic acid groups (broad SMARTS) is 1. The topological polar surface area (TPSA) is 64.1 Å². The van der Waals surface area contributed by atoms with E-state index in [1.165, 1.54) is 38.2 Å². The number of carboxylic acids is 1. The zero-order chi connectivity index (χ0) is 26.2. The molecule has 9 heteroatoms. The Labute approximate surface area is 216 Å². The van der Waals surface area contributed by atoms with Crippen LogP contribution in [0.15, 0.2) is 18.2 Å². The summed E-state index contributed by atoms with van der Waals surface area (Å²) in [6.07, 6.45) is 4.32. The lowest BCUT2D eigenvalue weighted by molar-refractivity contribution is -0.142. The Morgan fingerprint density at radius 3 is 2.22 bits per heavy atom. The maximum atomic E-state index is 13.6. The zero-order valence-corrected chi connectivity index (χ0v) is 21.4. The van der Waals surface area contributed by atoms with E-state index < -0.39 is 23.6 Å². The van der Waals surface area contributed by atoms with Crippen molar-refractivity contribution in [2.45, 2.75) is 75.9 Å². The highest BCUT2D eigenvalue weighted by atomic mass is 19.4.